The van der Waals surface area contributed by atoms with Gasteiger partial charge in [-0.2, -0.15) is 5.10 Å². The first-order valence-corrected chi connectivity index (χ1v) is 10.9. The van der Waals surface area contributed by atoms with Crippen molar-refractivity contribution >= 4 is 5.78 Å². The van der Waals surface area contributed by atoms with E-state index in [2.05, 4.69) is 61.9 Å². The number of rotatable bonds is 10. The summed E-state index contributed by atoms with van der Waals surface area (Å²) in [5.74, 6) is 0.656. The number of ketones is 1. The van der Waals surface area contributed by atoms with E-state index in [9.17, 15) is 4.79 Å². The van der Waals surface area contributed by atoms with Crippen molar-refractivity contribution in [1.82, 2.24) is 35.4 Å². The summed E-state index contributed by atoms with van der Waals surface area (Å²) in [6.45, 7) is 4.45. The highest BCUT2D eigenvalue weighted by Crippen LogP contribution is 2.31. The first kappa shape index (κ1) is 21.5. The number of aromatic nitrogens is 7. The van der Waals surface area contributed by atoms with Crippen LogP contribution in [-0.2, 0) is 17.8 Å². The van der Waals surface area contributed by atoms with Gasteiger partial charge in [-0.15, -0.1) is 5.10 Å². The molecule has 164 valence electrons. The second-order valence-corrected chi connectivity index (χ2v) is 8.08. The van der Waals surface area contributed by atoms with Crippen LogP contribution in [0.1, 0.15) is 49.6 Å². The molecule has 0 aliphatic heterocycles. The predicted molar refractivity (Wildman–Crippen MR) is 121 cm³/mol. The fourth-order valence-electron chi connectivity index (χ4n) is 4.11. The number of hydrogen-bond donors (Lipinski definition) is 1. The van der Waals surface area contributed by atoms with Gasteiger partial charge in [0.25, 0.3) is 0 Å². The van der Waals surface area contributed by atoms with E-state index in [0.29, 0.717) is 18.8 Å². The lowest BCUT2D eigenvalue weighted by atomic mass is 9.81. The average molecular weight is 430 g/mol. The molecule has 1 N–H and O–H groups in total. The molecule has 0 radical (unpaired) electrons. The molecule has 0 saturated carbocycles. The number of pyridine rings is 1. The maximum absolute atomic E-state index is 12.3. The normalized spacial score (nSPS) is 13.1. The smallest absolute Gasteiger partial charge is 0.152 e. The first-order valence-electron chi connectivity index (χ1n) is 10.9. The van der Waals surface area contributed by atoms with Gasteiger partial charge in [0.15, 0.2) is 5.82 Å². The molecule has 0 bridgehead atoms. The van der Waals surface area contributed by atoms with Gasteiger partial charge in [0.05, 0.1) is 12.7 Å². The molecule has 0 unspecified atom stereocenters. The van der Waals surface area contributed by atoms with Crippen LogP contribution in [-0.4, -0.2) is 41.2 Å². The van der Waals surface area contributed by atoms with E-state index in [-0.39, 0.29) is 17.6 Å². The quantitative estimate of drug-likeness (QED) is 0.411. The van der Waals surface area contributed by atoms with Crippen LogP contribution < -0.4 is 0 Å². The van der Waals surface area contributed by atoms with E-state index in [1.807, 2.05) is 29.2 Å². The van der Waals surface area contributed by atoms with E-state index in [0.717, 1.165) is 35.1 Å². The number of hydrogen-bond acceptors (Lipinski definition) is 6. The summed E-state index contributed by atoms with van der Waals surface area (Å²) in [5.41, 5.74) is 4.46. The fraction of sp³-hybridized carbons (Fsp3) is 0.333. The molecule has 2 atom stereocenters. The van der Waals surface area contributed by atoms with Crippen LogP contribution in [0, 0.1) is 5.92 Å². The van der Waals surface area contributed by atoms with Crippen molar-refractivity contribution in [2.24, 2.45) is 5.92 Å². The van der Waals surface area contributed by atoms with Crippen molar-refractivity contribution in [1.29, 1.82) is 0 Å². The summed E-state index contributed by atoms with van der Waals surface area (Å²) in [7, 11) is 0. The van der Waals surface area contributed by atoms with Crippen LogP contribution in [0.5, 0.6) is 0 Å². The van der Waals surface area contributed by atoms with Crippen molar-refractivity contribution in [2.75, 3.05) is 0 Å². The topological polar surface area (TPSA) is 102 Å². The Morgan fingerprint density at radius 3 is 2.50 bits per heavy atom. The molecule has 0 amide bonds. The lowest BCUT2D eigenvalue weighted by molar-refractivity contribution is -0.121. The zero-order chi connectivity index (χ0) is 22.3. The highest BCUT2D eigenvalue weighted by Gasteiger charge is 2.29. The molecule has 0 saturated heterocycles. The van der Waals surface area contributed by atoms with E-state index >= 15 is 0 Å². The van der Waals surface area contributed by atoms with Crippen LogP contribution >= 0.6 is 0 Å². The van der Waals surface area contributed by atoms with E-state index in [4.69, 9.17) is 0 Å². The van der Waals surface area contributed by atoms with Crippen LogP contribution in [0.4, 0.5) is 0 Å². The molecule has 3 aromatic heterocycles. The van der Waals surface area contributed by atoms with Crippen molar-refractivity contribution < 1.29 is 4.79 Å². The number of nitrogens with zero attached hydrogens (tertiary/aromatic N) is 6. The van der Waals surface area contributed by atoms with Gasteiger partial charge >= 0.3 is 0 Å². The number of nitrogens with one attached hydrogen (secondary N) is 1. The molecular formula is C24H27N7O. The van der Waals surface area contributed by atoms with E-state index in [1.54, 1.807) is 19.3 Å². The highest BCUT2D eigenvalue weighted by molar-refractivity contribution is 5.79. The van der Waals surface area contributed by atoms with Gasteiger partial charge in [-0.1, -0.05) is 37.6 Å². The van der Waals surface area contributed by atoms with Crippen molar-refractivity contribution in [2.45, 2.75) is 45.6 Å². The Morgan fingerprint density at radius 2 is 1.84 bits per heavy atom. The highest BCUT2D eigenvalue weighted by atomic mass is 16.1. The zero-order valence-corrected chi connectivity index (χ0v) is 18.3. The summed E-state index contributed by atoms with van der Waals surface area (Å²) < 4.78 is 1.92. The molecule has 0 spiro atoms. The first-order chi connectivity index (χ1) is 15.6. The third-order valence-corrected chi connectivity index (χ3v) is 5.79. The lowest BCUT2D eigenvalue weighted by Crippen LogP contribution is -2.23. The Kier molecular flexibility index (Phi) is 6.79. The van der Waals surface area contributed by atoms with Crippen molar-refractivity contribution in [3.05, 3.63) is 78.1 Å². The van der Waals surface area contributed by atoms with Gasteiger partial charge in [0.1, 0.15) is 5.78 Å². The Hall–Kier alpha value is -3.68. The number of aromatic amines is 1. The van der Waals surface area contributed by atoms with Gasteiger partial charge in [-0.25, -0.2) is 5.10 Å². The number of benzene rings is 1. The van der Waals surface area contributed by atoms with Crippen LogP contribution in [0.15, 0.2) is 61.2 Å². The summed E-state index contributed by atoms with van der Waals surface area (Å²) >= 11 is 0. The zero-order valence-electron chi connectivity index (χ0n) is 18.3. The largest absolute Gasteiger partial charge is 0.300 e. The number of H-pyrrole nitrogens is 1. The minimum Gasteiger partial charge on any atom is -0.300 e. The molecule has 4 rings (SSSR count). The summed E-state index contributed by atoms with van der Waals surface area (Å²) in [5, 5.41) is 18.9. The fourth-order valence-corrected chi connectivity index (χ4v) is 4.11. The van der Waals surface area contributed by atoms with Gasteiger partial charge in [0.2, 0.25) is 0 Å². The standard InChI is InChI=1S/C24H27N7O/c1-3-4-22(17(2)32)23(24-27-29-30-28-24)13-18-5-7-20(8-6-18)21-14-26-31(16-21)15-19-9-11-25-12-10-19/h5-12,14,16,22-23H,3-4,13,15H2,1-2H3,(H,27,28,29,30)/t22-,23+/m1/s1. The van der Waals surface area contributed by atoms with Crippen molar-refractivity contribution in [3.8, 4) is 11.1 Å². The molecule has 0 aliphatic rings. The number of tetrazole rings is 1. The minimum absolute atomic E-state index is 0.0728. The molecule has 0 aliphatic carbocycles. The summed E-state index contributed by atoms with van der Waals surface area (Å²) in [4.78, 5) is 16.4. The Bertz CT molecular complexity index is 1120. The summed E-state index contributed by atoms with van der Waals surface area (Å²) in [6.07, 6.45) is 9.95. The van der Waals surface area contributed by atoms with Crippen LogP contribution in [0.2, 0.25) is 0 Å². The molecule has 4 aromatic rings. The second kappa shape index (κ2) is 10.1. The monoisotopic (exact) mass is 429 g/mol. The minimum atomic E-state index is -0.110. The Balaban J connectivity index is 1.49. The molecule has 8 nitrogen and oxygen atoms in total. The van der Waals surface area contributed by atoms with E-state index < -0.39 is 0 Å². The average Bonchev–Trinajstić information content (AvgIpc) is 3.50. The molecule has 8 heteroatoms. The predicted octanol–water partition coefficient (Wildman–Crippen LogP) is 3.84. The third kappa shape index (κ3) is 5.14. The molecule has 3 heterocycles. The molecule has 0 fully saturated rings. The molecule has 32 heavy (non-hydrogen) atoms. The maximum Gasteiger partial charge on any atom is 0.152 e. The van der Waals surface area contributed by atoms with Crippen LogP contribution in [0.25, 0.3) is 11.1 Å². The SMILES string of the molecule is CCC[C@H](C(C)=O)[C@H](Cc1ccc(-c2cnn(Cc3ccncc3)c2)cc1)c1nnn[nH]1. The number of carbonyl (C=O) groups is 1. The van der Waals surface area contributed by atoms with Gasteiger partial charge in [-0.3, -0.25) is 14.5 Å². The van der Waals surface area contributed by atoms with E-state index in [1.165, 1.54) is 0 Å². The molecule has 1 aromatic carbocycles. The Labute approximate surface area is 187 Å². The maximum atomic E-state index is 12.3. The Morgan fingerprint density at radius 1 is 1.06 bits per heavy atom. The van der Waals surface area contributed by atoms with Gasteiger partial charge in [0, 0.05) is 36.0 Å². The number of Topliss-reactive ketones (excluding diaryl/α,β-unsaturated/α-hetero) is 1. The lowest BCUT2D eigenvalue weighted by Gasteiger charge is -2.22. The van der Waals surface area contributed by atoms with Gasteiger partial charge in [-0.05, 0) is 59.0 Å². The second-order valence-electron chi connectivity index (χ2n) is 8.08. The summed E-state index contributed by atoms with van der Waals surface area (Å²) in [6, 6.07) is 12.4. The third-order valence-electron chi connectivity index (χ3n) is 5.79. The molecular weight excluding hydrogens is 402 g/mol. The van der Waals surface area contributed by atoms with Crippen LogP contribution in [0.3, 0.4) is 0 Å². The van der Waals surface area contributed by atoms with Gasteiger partial charge < -0.3 is 0 Å². The van der Waals surface area contributed by atoms with Crippen molar-refractivity contribution in [3.63, 3.8) is 0 Å². The number of carbonyl (C=O) groups excluding carboxylic acids is 1.